The summed E-state index contributed by atoms with van der Waals surface area (Å²) in [6.07, 6.45) is 6.15. The molecule has 0 radical (unpaired) electrons. The predicted molar refractivity (Wildman–Crippen MR) is 115 cm³/mol. The fourth-order valence-electron chi connectivity index (χ4n) is 5.01. The third-order valence-electron chi connectivity index (χ3n) is 6.58. The number of hydrogen-bond acceptors (Lipinski definition) is 4. The minimum absolute atomic E-state index is 0.0314. The number of aromatic nitrogens is 1. The van der Waals surface area contributed by atoms with Crippen LogP contribution in [-0.4, -0.2) is 59.5 Å². The molecule has 1 amide bonds. The van der Waals surface area contributed by atoms with Crippen LogP contribution in [0.2, 0.25) is 0 Å². The van der Waals surface area contributed by atoms with Gasteiger partial charge >= 0.3 is 0 Å². The van der Waals surface area contributed by atoms with Crippen molar-refractivity contribution in [2.45, 2.75) is 50.6 Å². The fourth-order valence-corrected chi connectivity index (χ4v) is 6.13. The monoisotopic (exact) mass is 428 g/mol. The van der Waals surface area contributed by atoms with Gasteiger partial charge in [-0.3, -0.25) is 4.79 Å². The number of amides is 1. The zero-order chi connectivity index (χ0) is 21.5. The van der Waals surface area contributed by atoms with Crippen LogP contribution in [0.15, 0.2) is 24.3 Å². The number of carbonyl (C=O) groups excluding carboxylic acids is 1. The van der Waals surface area contributed by atoms with Gasteiger partial charge in [0.1, 0.15) is 6.04 Å². The van der Waals surface area contributed by atoms with Gasteiger partial charge in [-0.05, 0) is 62.1 Å². The fraction of sp³-hybridized carbons (Fsp3) is 0.545. The standard InChI is InChI=1S/C22H28N4O3S/c1-24-19(14-17-8-7-16(15-23)13-21(17)24)10-9-18-5-3-11-25(18)22(27)20-6-4-12-26(20)30(2,28)29/h7-8,13-14,18,20H,3-6,9-12H2,1-2H3/t18-,20+/m0/s1. The summed E-state index contributed by atoms with van der Waals surface area (Å²) in [5.74, 6) is -0.0314. The minimum atomic E-state index is -3.37. The van der Waals surface area contributed by atoms with E-state index in [1.54, 1.807) is 0 Å². The van der Waals surface area contributed by atoms with Crippen LogP contribution in [0.1, 0.15) is 43.4 Å². The van der Waals surface area contributed by atoms with E-state index in [9.17, 15) is 13.2 Å². The highest BCUT2D eigenvalue weighted by Crippen LogP contribution is 2.29. The minimum Gasteiger partial charge on any atom is -0.348 e. The smallest absolute Gasteiger partial charge is 0.241 e. The van der Waals surface area contributed by atoms with Gasteiger partial charge in [-0.2, -0.15) is 9.57 Å². The maximum absolute atomic E-state index is 13.2. The molecule has 2 aromatic rings. The Bertz CT molecular complexity index is 1120. The molecule has 0 spiro atoms. The number of nitriles is 1. The number of carbonyl (C=O) groups is 1. The first kappa shape index (κ1) is 20.9. The molecule has 30 heavy (non-hydrogen) atoms. The van der Waals surface area contributed by atoms with Crippen LogP contribution in [0.25, 0.3) is 10.9 Å². The van der Waals surface area contributed by atoms with Crippen molar-refractivity contribution in [2.24, 2.45) is 7.05 Å². The van der Waals surface area contributed by atoms with Gasteiger partial charge < -0.3 is 9.47 Å². The topological polar surface area (TPSA) is 86.4 Å². The molecular formula is C22H28N4O3S. The maximum atomic E-state index is 13.2. The third kappa shape index (κ3) is 3.84. The second-order valence-corrected chi connectivity index (χ2v) is 10.4. The number of benzene rings is 1. The molecule has 0 saturated carbocycles. The van der Waals surface area contributed by atoms with Crippen molar-refractivity contribution in [2.75, 3.05) is 19.3 Å². The number of fused-ring (bicyclic) bond motifs is 1. The molecule has 0 bridgehead atoms. The van der Waals surface area contributed by atoms with Gasteiger partial charge in [0.15, 0.2) is 0 Å². The lowest BCUT2D eigenvalue weighted by molar-refractivity contribution is -0.135. The van der Waals surface area contributed by atoms with Gasteiger partial charge in [-0.15, -0.1) is 0 Å². The molecule has 2 fully saturated rings. The number of nitrogens with zero attached hydrogens (tertiary/aromatic N) is 4. The Labute approximate surface area is 177 Å². The molecule has 1 aromatic carbocycles. The largest absolute Gasteiger partial charge is 0.348 e. The average Bonchev–Trinajstić information content (AvgIpc) is 3.44. The van der Waals surface area contributed by atoms with Crippen molar-refractivity contribution in [1.82, 2.24) is 13.8 Å². The highest BCUT2D eigenvalue weighted by atomic mass is 32.2. The van der Waals surface area contributed by atoms with E-state index < -0.39 is 16.1 Å². The Morgan fingerprint density at radius 2 is 1.97 bits per heavy atom. The van der Waals surface area contributed by atoms with Crippen LogP contribution in [0, 0.1) is 11.3 Å². The molecule has 2 aliphatic heterocycles. The van der Waals surface area contributed by atoms with Gasteiger partial charge in [0.2, 0.25) is 15.9 Å². The zero-order valence-electron chi connectivity index (χ0n) is 17.5. The van der Waals surface area contributed by atoms with Gasteiger partial charge in [0, 0.05) is 37.4 Å². The molecule has 3 heterocycles. The molecule has 7 nitrogen and oxygen atoms in total. The number of hydrogen-bond donors (Lipinski definition) is 0. The molecule has 0 aliphatic carbocycles. The van der Waals surface area contributed by atoms with Crippen LogP contribution < -0.4 is 0 Å². The van der Waals surface area contributed by atoms with Gasteiger partial charge in [0.25, 0.3) is 0 Å². The van der Waals surface area contributed by atoms with Crippen LogP contribution in [0.5, 0.6) is 0 Å². The van der Waals surface area contributed by atoms with E-state index in [0.717, 1.165) is 43.0 Å². The normalized spacial score (nSPS) is 22.6. The molecule has 0 unspecified atom stereocenters. The molecule has 2 atom stereocenters. The first-order valence-corrected chi connectivity index (χ1v) is 12.4. The van der Waals surface area contributed by atoms with Gasteiger partial charge in [0.05, 0.1) is 17.9 Å². The van der Waals surface area contributed by atoms with Crippen LogP contribution >= 0.6 is 0 Å². The summed E-state index contributed by atoms with van der Waals surface area (Å²) in [4.78, 5) is 15.1. The molecule has 2 saturated heterocycles. The van der Waals surface area contributed by atoms with E-state index in [4.69, 9.17) is 5.26 Å². The summed E-state index contributed by atoms with van der Waals surface area (Å²) >= 11 is 0. The molecule has 160 valence electrons. The Balaban J connectivity index is 1.47. The first-order valence-electron chi connectivity index (χ1n) is 10.6. The zero-order valence-corrected chi connectivity index (χ0v) is 18.4. The summed E-state index contributed by atoms with van der Waals surface area (Å²) in [6, 6.07) is 9.66. The van der Waals surface area contributed by atoms with E-state index in [-0.39, 0.29) is 11.9 Å². The van der Waals surface area contributed by atoms with E-state index in [1.807, 2.05) is 30.1 Å². The molecule has 2 aliphatic rings. The van der Waals surface area contributed by atoms with Crippen molar-refractivity contribution >= 4 is 26.8 Å². The van der Waals surface area contributed by atoms with Crippen molar-refractivity contribution in [3.63, 3.8) is 0 Å². The number of aryl methyl sites for hydroxylation is 2. The lowest BCUT2D eigenvalue weighted by Gasteiger charge is -2.30. The number of likely N-dealkylation sites (tertiary alicyclic amines) is 1. The van der Waals surface area contributed by atoms with Crippen LogP contribution in [0.3, 0.4) is 0 Å². The summed E-state index contributed by atoms with van der Waals surface area (Å²) in [5, 5.41) is 10.3. The quantitative estimate of drug-likeness (QED) is 0.732. The highest BCUT2D eigenvalue weighted by Gasteiger charge is 2.41. The Kier molecular flexibility index (Phi) is 5.60. The number of rotatable bonds is 5. The van der Waals surface area contributed by atoms with Crippen LogP contribution in [-0.2, 0) is 28.3 Å². The Morgan fingerprint density at radius 3 is 2.70 bits per heavy atom. The second kappa shape index (κ2) is 8.05. The molecule has 0 N–H and O–H groups in total. The summed E-state index contributed by atoms with van der Waals surface area (Å²) in [6.45, 7) is 1.15. The third-order valence-corrected chi connectivity index (χ3v) is 7.87. The van der Waals surface area contributed by atoms with Crippen molar-refractivity contribution in [3.8, 4) is 6.07 Å². The average molecular weight is 429 g/mol. The van der Waals surface area contributed by atoms with Crippen molar-refractivity contribution < 1.29 is 13.2 Å². The number of sulfonamides is 1. The van der Waals surface area contributed by atoms with E-state index in [1.165, 1.54) is 16.3 Å². The highest BCUT2D eigenvalue weighted by molar-refractivity contribution is 7.88. The molecule has 1 aromatic heterocycles. The van der Waals surface area contributed by atoms with E-state index in [0.29, 0.717) is 25.1 Å². The molecule has 4 rings (SSSR count). The van der Waals surface area contributed by atoms with Gasteiger partial charge in [-0.25, -0.2) is 8.42 Å². The predicted octanol–water partition coefficient (Wildman–Crippen LogP) is 2.40. The summed E-state index contributed by atoms with van der Waals surface area (Å²) in [5.41, 5.74) is 2.87. The first-order chi connectivity index (χ1) is 14.3. The summed E-state index contributed by atoms with van der Waals surface area (Å²) < 4.78 is 27.6. The van der Waals surface area contributed by atoms with Crippen molar-refractivity contribution in [1.29, 1.82) is 5.26 Å². The SMILES string of the molecule is Cn1c(CC[C@@H]2CCCN2C(=O)[C@H]2CCCN2S(C)(=O)=O)cc2ccc(C#N)cc21. The van der Waals surface area contributed by atoms with Crippen molar-refractivity contribution in [3.05, 3.63) is 35.5 Å². The lowest BCUT2D eigenvalue weighted by Crippen LogP contribution is -2.49. The second-order valence-electron chi connectivity index (χ2n) is 8.48. The Morgan fingerprint density at radius 1 is 1.20 bits per heavy atom. The Hall–Kier alpha value is -2.37. The maximum Gasteiger partial charge on any atom is 0.241 e. The van der Waals surface area contributed by atoms with E-state index in [2.05, 4.69) is 16.7 Å². The summed E-state index contributed by atoms with van der Waals surface area (Å²) in [7, 11) is -1.35. The molecular weight excluding hydrogens is 400 g/mol. The van der Waals surface area contributed by atoms with E-state index >= 15 is 0 Å². The van der Waals surface area contributed by atoms with Gasteiger partial charge in [-0.1, -0.05) is 6.07 Å². The lowest BCUT2D eigenvalue weighted by atomic mass is 10.1. The van der Waals surface area contributed by atoms with Crippen LogP contribution in [0.4, 0.5) is 0 Å². The molecule has 8 heteroatoms.